The first-order valence-electron chi connectivity index (χ1n) is 11.9. The minimum atomic E-state index is -4.47. The van der Waals surface area contributed by atoms with Crippen molar-refractivity contribution in [3.05, 3.63) is 65.2 Å². The third-order valence-corrected chi connectivity index (χ3v) is 6.41. The maximum absolute atomic E-state index is 13.1. The van der Waals surface area contributed by atoms with E-state index in [1.807, 2.05) is 30.0 Å². The number of aliphatic hydroxyl groups excluding tert-OH is 1. The summed E-state index contributed by atoms with van der Waals surface area (Å²) in [5, 5.41) is 9.79. The fourth-order valence-corrected chi connectivity index (χ4v) is 4.29. The fraction of sp³-hybridized carbons (Fsp3) is 0.346. The van der Waals surface area contributed by atoms with E-state index in [4.69, 9.17) is 20.4 Å². The number of benzene rings is 2. The molecule has 2 aromatic carbocycles. The second kappa shape index (κ2) is 9.98. The molecule has 0 radical (unpaired) electrons. The monoisotopic (exact) mass is 512 g/mol. The van der Waals surface area contributed by atoms with Crippen LogP contribution in [-0.4, -0.2) is 66.4 Å². The Morgan fingerprint density at radius 2 is 1.81 bits per heavy atom. The van der Waals surface area contributed by atoms with E-state index in [9.17, 15) is 18.3 Å². The van der Waals surface area contributed by atoms with Gasteiger partial charge in [-0.15, -0.1) is 0 Å². The van der Waals surface area contributed by atoms with Gasteiger partial charge in [0, 0.05) is 43.4 Å². The van der Waals surface area contributed by atoms with E-state index in [1.165, 1.54) is 12.1 Å². The second-order valence-corrected chi connectivity index (χ2v) is 9.14. The molecule has 5 rings (SSSR count). The summed E-state index contributed by atoms with van der Waals surface area (Å²) in [6.45, 7) is 5.49. The van der Waals surface area contributed by atoms with Crippen LogP contribution < -0.4 is 15.5 Å². The van der Waals surface area contributed by atoms with Crippen LogP contribution in [-0.2, 0) is 10.9 Å². The number of aliphatic imine (C=N–C) groups is 1. The number of nitrogens with zero attached hydrogens (tertiary/aromatic N) is 5. The Morgan fingerprint density at radius 1 is 1.05 bits per heavy atom. The number of alkyl halides is 3. The molecule has 3 N–H and O–H groups in total. The molecule has 0 aliphatic carbocycles. The smallest absolute Gasteiger partial charge is 0.389 e. The van der Waals surface area contributed by atoms with Crippen LogP contribution in [0.5, 0.6) is 0 Å². The molecule has 2 aliphatic heterocycles. The molecule has 0 amide bonds. The fourth-order valence-electron chi connectivity index (χ4n) is 4.29. The maximum Gasteiger partial charge on any atom is 0.416 e. The van der Waals surface area contributed by atoms with E-state index < -0.39 is 17.8 Å². The van der Waals surface area contributed by atoms with E-state index >= 15 is 0 Å². The van der Waals surface area contributed by atoms with E-state index in [-0.39, 0.29) is 11.4 Å². The number of halogens is 3. The maximum atomic E-state index is 13.1. The van der Waals surface area contributed by atoms with Crippen LogP contribution in [0.4, 0.5) is 30.6 Å². The Morgan fingerprint density at radius 3 is 2.51 bits per heavy atom. The van der Waals surface area contributed by atoms with Crippen molar-refractivity contribution in [2.75, 3.05) is 49.2 Å². The summed E-state index contributed by atoms with van der Waals surface area (Å²) in [6, 6.07) is 12.1. The van der Waals surface area contributed by atoms with Crippen LogP contribution in [0.2, 0.25) is 0 Å². The first-order chi connectivity index (χ1) is 17.7. The van der Waals surface area contributed by atoms with Gasteiger partial charge in [-0.05, 0) is 36.8 Å². The molecule has 11 heteroatoms. The van der Waals surface area contributed by atoms with Gasteiger partial charge in [0.2, 0.25) is 5.95 Å². The number of hydrogen-bond donors (Lipinski definition) is 2. The van der Waals surface area contributed by atoms with Crippen LogP contribution in [0.1, 0.15) is 16.7 Å². The van der Waals surface area contributed by atoms with Gasteiger partial charge in [0.25, 0.3) is 0 Å². The van der Waals surface area contributed by atoms with Crippen molar-refractivity contribution in [2.24, 2.45) is 10.7 Å². The van der Waals surface area contributed by atoms with Crippen LogP contribution in [0.3, 0.4) is 0 Å². The van der Waals surface area contributed by atoms with Gasteiger partial charge in [0.15, 0.2) is 0 Å². The zero-order valence-corrected chi connectivity index (χ0v) is 20.2. The van der Waals surface area contributed by atoms with Crippen molar-refractivity contribution in [1.82, 2.24) is 9.97 Å². The normalized spacial score (nSPS) is 17.2. The van der Waals surface area contributed by atoms with Gasteiger partial charge in [-0.2, -0.15) is 18.2 Å². The highest BCUT2D eigenvalue weighted by molar-refractivity contribution is 5.99. The molecule has 0 atom stereocenters. The highest BCUT2D eigenvalue weighted by Gasteiger charge is 2.31. The van der Waals surface area contributed by atoms with Crippen molar-refractivity contribution in [3.8, 4) is 11.3 Å². The molecular weight excluding hydrogens is 485 g/mol. The molecule has 2 fully saturated rings. The lowest BCUT2D eigenvalue weighted by atomic mass is 10.0. The van der Waals surface area contributed by atoms with Crippen molar-refractivity contribution in [2.45, 2.75) is 19.2 Å². The minimum Gasteiger partial charge on any atom is -0.389 e. The molecule has 3 heterocycles. The number of β-amino-alcohol motifs (C(OH)–C–C–N with tert-alkyl or cyclic N) is 1. The Bertz CT molecular complexity index is 1320. The van der Waals surface area contributed by atoms with E-state index in [2.05, 4.69) is 9.89 Å². The molecule has 194 valence electrons. The standard InChI is InChI=1S/C26H27F3N6O2/c1-16-5-6-19(31-24(30)17-3-2-4-18(11-17)26(27,28)29)12-21(16)22-13-23(34-7-9-37-10-8-34)33-25(32-22)35-14-20(36)15-35/h2-6,11-13,20,36H,7-10,14-15H2,1H3,(H2,30,31). The summed E-state index contributed by atoms with van der Waals surface area (Å²) < 4.78 is 44.9. The number of aromatic nitrogens is 2. The Hall–Kier alpha value is -3.70. The highest BCUT2D eigenvalue weighted by atomic mass is 19.4. The largest absolute Gasteiger partial charge is 0.416 e. The summed E-state index contributed by atoms with van der Waals surface area (Å²) in [5.74, 6) is 1.27. The van der Waals surface area contributed by atoms with Crippen LogP contribution >= 0.6 is 0 Å². The summed E-state index contributed by atoms with van der Waals surface area (Å²) in [4.78, 5) is 18.0. The number of nitrogens with two attached hydrogens (primary N) is 1. The van der Waals surface area contributed by atoms with Crippen LogP contribution in [0, 0.1) is 6.92 Å². The second-order valence-electron chi connectivity index (χ2n) is 9.14. The van der Waals surface area contributed by atoms with Crippen molar-refractivity contribution in [1.29, 1.82) is 0 Å². The molecule has 2 saturated heterocycles. The Balaban J connectivity index is 1.51. The first kappa shape index (κ1) is 25.0. The molecule has 2 aliphatic rings. The SMILES string of the molecule is Cc1ccc(N=C(N)c2cccc(C(F)(F)F)c2)cc1-c1cc(N2CCOCC2)nc(N2CC(O)C2)n1. The topological polar surface area (TPSA) is 100 Å². The number of hydrogen-bond acceptors (Lipinski definition) is 7. The molecule has 0 unspecified atom stereocenters. The molecule has 37 heavy (non-hydrogen) atoms. The third-order valence-electron chi connectivity index (χ3n) is 6.41. The molecule has 0 spiro atoms. The average Bonchev–Trinajstić information content (AvgIpc) is 2.87. The lowest BCUT2D eigenvalue weighted by Gasteiger charge is -2.37. The van der Waals surface area contributed by atoms with Gasteiger partial charge < -0.3 is 25.4 Å². The third kappa shape index (κ3) is 5.52. The number of anilines is 2. The summed E-state index contributed by atoms with van der Waals surface area (Å²) in [5.41, 5.74) is 8.42. The van der Waals surface area contributed by atoms with E-state index in [1.54, 1.807) is 6.07 Å². The quantitative estimate of drug-likeness (QED) is 0.399. The predicted molar refractivity (Wildman–Crippen MR) is 135 cm³/mol. The molecular formula is C26H27F3N6O2. The van der Waals surface area contributed by atoms with Gasteiger partial charge >= 0.3 is 6.18 Å². The van der Waals surface area contributed by atoms with Gasteiger partial charge in [0.05, 0.1) is 36.3 Å². The van der Waals surface area contributed by atoms with Crippen LogP contribution in [0.25, 0.3) is 11.3 Å². The van der Waals surface area contributed by atoms with Gasteiger partial charge in [0.1, 0.15) is 11.7 Å². The van der Waals surface area contributed by atoms with Crippen molar-refractivity contribution < 1.29 is 23.0 Å². The number of rotatable bonds is 5. The zero-order valence-electron chi connectivity index (χ0n) is 20.2. The number of aliphatic hydroxyl groups is 1. The van der Waals surface area contributed by atoms with Gasteiger partial charge in [-0.3, -0.25) is 0 Å². The predicted octanol–water partition coefficient (Wildman–Crippen LogP) is 3.53. The molecule has 8 nitrogen and oxygen atoms in total. The average molecular weight is 513 g/mol. The summed E-state index contributed by atoms with van der Waals surface area (Å²) in [6.07, 6.45) is -4.87. The Kier molecular flexibility index (Phi) is 6.74. The van der Waals surface area contributed by atoms with Crippen LogP contribution in [0.15, 0.2) is 53.5 Å². The number of aryl methyl sites for hydroxylation is 1. The van der Waals surface area contributed by atoms with E-state index in [0.717, 1.165) is 29.1 Å². The lowest BCUT2D eigenvalue weighted by Crippen LogP contribution is -2.51. The molecule has 1 aromatic heterocycles. The first-order valence-corrected chi connectivity index (χ1v) is 11.9. The number of amidine groups is 1. The van der Waals surface area contributed by atoms with Crippen molar-refractivity contribution in [3.63, 3.8) is 0 Å². The van der Waals surface area contributed by atoms with Crippen molar-refractivity contribution >= 4 is 23.3 Å². The van der Waals surface area contributed by atoms with Gasteiger partial charge in [-0.25, -0.2) is 9.98 Å². The van der Waals surface area contributed by atoms with Gasteiger partial charge in [-0.1, -0.05) is 18.2 Å². The molecule has 0 bridgehead atoms. The summed E-state index contributed by atoms with van der Waals surface area (Å²) in [7, 11) is 0. The Labute approximate surface area is 212 Å². The number of ether oxygens (including phenoxy) is 1. The van der Waals surface area contributed by atoms with E-state index in [0.29, 0.717) is 56.7 Å². The lowest BCUT2D eigenvalue weighted by molar-refractivity contribution is -0.137. The highest BCUT2D eigenvalue weighted by Crippen LogP contribution is 2.32. The summed E-state index contributed by atoms with van der Waals surface area (Å²) >= 11 is 0. The zero-order chi connectivity index (χ0) is 26.2. The number of morpholine rings is 1. The minimum absolute atomic E-state index is 0.0205. The molecule has 0 saturated carbocycles. The molecule has 3 aromatic rings.